The second kappa shape index (κ2) is 6.35. The Morgan fingerprint density at radius 3 is 2.88 bits per heavy atom. The summed E-state index contributed by atoms with van der Waals surface area (Å²) in [4.78, 5) is 11.4. The van der Waals surface area contributed by atoms with Crippen molar-refractivity contribution in [3.63, 3.8) is 0 Å². The molecule has 0 radical (unpaired) electrons. The minimum absolute atomic E-state index is 0.218. The third kappa shape index (κ3) is 3.67. The molecule has 0 aliphatic carbocycles. The first-order chi connectivity index (χ1) is 7.97. The van der Waals surface area contributed by atoms with E-state index in [0.717, 1.165) is 0 Å². The Kier molecular flexibility index (Phi) is 5.39. The zero-order chi connectivity index (χ0) is 13.0. The van der Waals surface area contributed by atoms with Crippen LogP contribution in [-0.2, 0) is 9.53 Å². The number of carbonyl (C=O) groups excluding carboxylic acids is 1. The van der Waals surface area contributed by atoms with E-state index in [1.165, 1.54) is 0 Å². The molecule has 0 aromatic heterocycles. The van der Waals surface area contributed by atoms with E-state index in [4.69, 9.17) is 22.1 Å². The summed E-state index contributed by atoms with van der Waals surface area (Å²) in [5.74, 6) is -0.646. The molecule has 2 unspecified atom stereocenters. The number of esters is 1. The quantitative estimate of drug-likeness (QED) is 0.832. The fraction of sp³-hybridized carbons (Fsp3) is 0.364. The highest BCUT2D eigenvalue weighted by atomic mass is 79.9. The first kappa shape index (κ1) is 14.4. The van der Waals surface area contributed by atoms with Crippen LogP contribution in [-0.4, -0.2) is 23.7 Å². The number of nitrogens with two attached hydrogens (primary N) is 1. The summed E-state index contributed by atoms with van der Waals surface area (Å²) in [6.07, 6.45) is -1.16. The first-order valence-electron chi connectivity index (χ1n) is 5.02. The molecule has 0 heterocycles. The van der Waals surface area contributed by atoms with Crippen molar-refractivity contribution in [2.75, 3.05) is 6.61 Å². The summed E-state index contributed by atoms with van der Waals surface area (Å²) in [7, 11) is 0. The average Bonchev–Trinajstić information content (AvgIpc) is 2.30. The molecular formula is C11H13BrClNO3. The average molecular weight is 323 g/mol. The lowest BCUT2D eigenvalue weighted by Gasteiger charge is -2.19. The van der Waals surface area contributed by atoms with E-state index in [1.807, 2.05) is 0 Å². The van der Waals surface area contributed by atoms with Crippen molar-refractivity contribution in [1.82, 2.24) is 0 Å². The number of benzene rings is 1. The molecule has 0 aliphatic heterocycles. The minimum Gasteiger partial charge on any atom is -0.465 e. The van der Waals surface area contributed by atoms with Crippen LogP contribution in [0.3, 0.4) is 0 Å². The van der Waals surface area contributed by atoms with Crippen molar-refractivity contribution in [3.05, 3.63) is 33.3 Å². The first-order valence-corrected chi connectivity index (χ1v) is 6.19. The number of aliphatic hydroxyl groups excluding tert-OH is 1. The van der Waals surface area contributed by atoms with Crippen LogP contribution in [0.2, 0.25) is 5.02 Å². The monoisotopic (exact) mass is 321 g/mol. The Labute approximate surface area is 113 Å². The molecule has 1 aromatic rings. The molecule has 17 heavy (non-hydrogen) atoms. The maximum absolute atomic E-state index is 11.4. The van der Waals surface area contributed by atoms with E-state index in [2.05, 4.69) is 15.9 Å². The molecule has 0 aliphatic rings. The van der Waals surface area contributed by atoms with Gasteiger partial charge in [-0.2, -0.15) is 0 Å². The number of halogens is 2. The SMILES string of the molecule is CCOC(=O)C(N)C(O)c1cc(Cl)ccc1Br. The van der Waals surface area contributed by atoms with Crippen molar-refractivity contribution in [1.29, 1.82) is 0 Å². The zero-order valence-corrected chi connectivity index (χ0v) is 11.5. The minimum atomic E-state index is -1.16. The van der Waals surface area contributed by atoms with Crippen molar-refractivity contribution < 1.29 is 14.6 Å². The number of rotatable bonds is 4. The lowest BCUT2D eigenvalue weighted by atomic mass is 10.0. The lowest BCUT2D eigenvalue weighted by Crippen LogP contribution is -2.38. The van der Waals surface area contributed by atoms with Crippen LogP contribution >= 0.6 is 27.5 Å². The van der Waals surface area contributed by atoms with Crippen LogP contribution < -0.4 is 5.73 Å². The second-order valence-corrected chi connectivity index (χ2v) is 4.68. The summed E-state index contributed by atoms with van der Waals surface area (Å²) in [6, 6.07) is 3.76. The lowest BCUT2D eigenvalue weighted by molar-refractivity contribution is -0.147. The third-order valence-electron chi connectivity index (χ3n) is 2.18. The van der Waals surface area contributed by atoms with Crippen LogP contribution in [0.15, 0.2) is 22.7 Å². The molecule has 1 rings (SSSR count). The molecule has 0 fully saturated rings. The topological polar surface area (TPSA) is 72.5 Å². The summed E-state index contributed by atoms with van der Waals surface area (Å²) in [6.45, 7) is 1.89. The van der Waals surface area contributed by atoms with Gasteiger partial charge in [0.1, 0.15) is 12.1 Å². The molecule has 0 bridgehead atoms. The molecule has 3 N–H and O–H groups in total. The van der Waals surface area contributed by atoms with Gasteiger partial charge in [-0.25, -0.2) is 0 Å². The number of ether oxygens (including phenoxy) is 1. The standard InChI is InChI=1S/C11H13BrClNO3/c1-2-17-11(16)9(14)10(15)7-5-6(13)3-4-8(7)12/h3-5,9-10,15H,2,14H2,1H3. The van der Waals surface area contributed by atoms with Gasteiger partial charge in [0.25, 0.3) is 0 Å². The van der Waals surface area contributed by atoms with Gasteiger partial charge in [-0.1, -0.05) is 27.5 Å². The van der Waals surface area contributed by atoms with Crippen LogP contribution in [0.5, 0.6) is 0 Å². The number of carbonyl (C=O) groups is 1. The van der Waals surface area contributed by atoms with Gasteiger partial charge in [0.05, 0.1) is 6.61 Å². The summed E-state index contributed by atoms with van der Waals surface area (Å²) >= 11 is 9.08. The summed E-state index contributed by atoms with van der Waals surface area (Å²) in [5.41, 5.74) is 6.07. The van der Waals surface area contributed by atoms with Gasteiger partial charge >= 0.3 is 5.97 Å². The second-order valence-electron chi connectivity index (χ2n) is 3.39. The Morgan fingerprint density at radius 2 is 2.29 bits per heavy atom. The van der Waals surface area contributed by atoms with Crippen LogP contribution in [0, 0.1) is 0 Å². The van der Waals surface area contributed by atoms with Crippen LogP contribution in [0.25, 0.3) is 0 Å². The van der Waals surface area contributed by atoms with Gasteiger partial charge in [-0.05, 0) is 30.7 Å². The van der Waals surface area contributed by atoms with E-state index < -0.39 is 18.1 Å². The number of aliphatic hydroxyl groups is 1. The van der Waals surface area contributed by atoms with Crippen molar-refractivity contribution in [2.24, 2.45) is 5.73 Å². The van der Waals surface area contributed by atoms with E-state index >= 15 is 0 Å². The van der Waals surface area contributed by atoms with Crippen LogP contribution in [0.4, 0.5) is 0 Å². The van der Waals surface area contributed by atoms with E-state index in [0.29, 0.717) is 15.1 Å². The molecule has 0 saturated carbocycles. The largest absolute Gasteiger partial charge is 0.465 e. The van der Waals surface area contributed by atoms with Gasteiger partial charge in [-0.15, -0.1) is 0 Å². The van der Waals surface area contributed by atoms with Gasteiger partial charge in [0, 0.05) is 9.50 Å². The Bertz CT molecular complexity index is 414. The van der Waals surface area contributed by atoms with E-state index in [1.54, 1.807) is 25.1 Å². The van der Waals surface area contributed by atoms with E-state index in [9.17, 15) is 9.90 Å². The molecule has 2 atom stereocenters. The highest BCUT2D eigenvalue weighted by molar-refractivity contribution is 9.10. The van der Waals surface area contributed by atoms with Gasteiger partial charge in [0.15, 0.2) is 0 Å². The molecule has 6 heteroatoms. The predicted molar refractivity (Wildman–Crippen MR) is 68.7 cm³/mol. The Hall–Kier alpha value is -0.620. The molecule has 4 nitrogen and oxygen atoms in total. The Morgan fingerprint density at radius 1 is 1.65 bits per heavy atom. The molecular weight excluding hydrogens is 309 g/mol. The van der Waals surface area contributed by atoms with Gasteiger partial charge < -0.3 is 15.6 Å². The highest BCUT2D eigenvalue weighted by Crippen LogP contribution is 2.28. The van der Waals surface area contributed by atoms with E-state index in [-0.39, 0.29) is 6.61 Å². The maximum Gasteiger partial charge on any atom is 0.325 e. The molecule has 0 spiro atoms. The smallest absolute Gasteiger partial charge is 0.325 e. The fourth-order valence-corrected chi connectivity index (χ4v) is 1.96. The molecule has 0 saturated heterocycles. The van der Waals surface area contributed by atoms with Gasteiger partial charge in [0.2, 0.25) is 0 Å². The fourth-order valence-electron chi connectivity index (χ4n) is 1.30. The maximum atomic E-state index is 11.4. The van der Waals surface area contributed by atoms with Crippen molar-refractivity contribution in [2.45, 2.75) is 19.1 Å². The molecule has 1 aromatic carbocycles. The van der Waals surface area contributed by atoms with Crippen LogP contribution in [0.1, 0.15) is 18.6 Å². The summed E-state index contributed by atoms with van der Waals surface area (Å²) < 4.78 is 5.38. The molecule has 0 amide bonds. The third-order valence-corrected chi connectivity index (χ3v) is 3.13. The van der Waals surface area contributed by atoms with Gasteiger partial charge in [-0.3, -0.25) is 4.79 Å². The van der Waals surface area contributed by atoms with Crippen molar-refractivity contribution in [3.8, 4) is 0 Å². The normalized spacial score (nSPS) is 14.2. The molecule has 94 valence electrons. The predicted octanol–water partition coefficient (Wildman–Crippen LogP) is 2.03. The number of hydrogen-bond acceptors (Lipinski definition) is 4. The number of hydrogen-bond donors (Lipinski definition) is 2. The summed E-state index contributed by atoms with van der Waals surface area (Å²) in [5, 5.41) is 10.4. The highest BCUT2D eigenvalue weighted by Gasteiger charge is 2.26. The van der Waals surface area contributed by atoms with Crippen molar-refractivity contribution >= 4 is 33.5 Å². The zero-order valence-electron chi connectivity index (χ0n) is 9.19. The Balaban J connectivity index is 2.91.